The van der Waals surface area contributed by atoms with Gasteiger partial charge in [0.15, 0.2) is 5.78 Å². The molecule has 0 radical (unpaired) electrons. The molecule has 1 nitrogen and oxygen atoms in total. The predicted octanol–water partition coefficient (Wildman–Crippen LogP) is 5.04. The van der Waals surface area contributed by atoms with E-state index >= 15 is 0 Å². The van der Waals surface area contributed by atoms with E-state index in [1.807, 2.05) is 26.0 Å². The Morgan fingerprint density at radius 3 is 1.74 bits per heavy atom. The molecule has 0 amide bonds. The van der Waals surface area contributed by atoms with Crippen molar-refractivity contribution < 1.29 is 4.79 Å². The van der Waals surface area contributed by atoms with Crippen LogP contribution < -0.4 is 0 Å². The van der Waals surface area contributed by atoms with Crippen molar-refractivity contribution in [2.75, 3.05) is 0 Å². The molecule has 3 heteroatoms. The molecular formula is C16H14Cl2O. The SMILES string of the molecule is CC(C)(Cl)c1ccc(C(=O)c2ccc(Cl)cc2)cc1. The highest BCUT2D eigenvalue weighted by Gasteiger charge is 2.17. The van der Waals surface area contributed by atoms with Crippen molar-refractivity contribution in [3.8, 4) is 0 Å². The number of carbonyl (C=O) groups is 1. The molecule has 2 aromatic carbocycles. The van der Waals surface area contributed by atoms with E-state index in [0.29, 0.717) is 16.1 Å². The third-order valence-corrected chi connectivity index (χ3v) is 3.41. The lowest BCUT2D eigenvalue weighted by Crippen LogP contribution is -2.08. The third-order valence-electron chi connectivity index (χ3n) is 2.94. The number of hydrogen-bond acceptors (Lipinski definition) is 1. The summed E-state index contributed by atoms with van der Waals surface area (Å²) in [5.41, 5.74) is 2.26. The fourth-order valence-corrected chi connectivity index (χ4v) is 2.04. The van der Waals surface area contributed by atoms with Gasteiger partial charge in [-0.15, -0.1) is 11.6 Å². The third kappa shape index (κ3) is 3.37. The maximum Gasteiger partial charge on any atom is 0.193 e. The second kappa shape index (κ2) is 5.36. The Kier molecular flexibility index (Phi) is 3.98. The molecule has 2 rings (SSSR count). The van der Waals surface area contributed by atoms with Gasteiger partial charge in [0, 0.05) is 16.1 Å². The fraction of sp³-hybridized carbons (Fsp3) is 0.188. The summed E-state index contributed by atoms with van der Waals surface area (Å²) in [4.78, 5) is 11.8. The zero-order valence-electron chi connectivity index (χ0n) is 10.8. The average molecular weight is 293 g/mol. The molecule has 0 aliphatic rings. The number of ketones is 1. The lowest BCUT2D eigenvalue weighted by atomic mass is 9.97. The van der Waals surface area contributed by atoms with Crippen LogP contribution in [0.1, 0.15) is 35.3 Å². The van der Waals surface area contributed by atoms with Crippen LogP contribution in [0.2, 0.25) is 5.02 Å². The Bertz CT molecular complexity index is 578. The Balaban J connectivity index is 2.27. The minimum absolute atomic E-state index is 0.0180. The molecule has 0 aliphatic heterocycles. The van der Waals surface area contributed by atoms with Crippen LogP contribution in [0.15, 0.2) is 48.5 Å². The van der Waals surface area contributed by atoms with Gasteiger partial charge < -0.3 is 0 Å². The predicted molar refractivity (Wildman–Crippen MR) is 80.2 cm³/mol. The van der Waals surface area contributed by atoms with Crippen molar-refractivity contribution in [2.45, 2.75) is 18.7 Å². The highest BCUT2D eigenvalue weighted by molar-refractivity contribution is 6.30. The monoisotopic (exact) mass is 292 g/mol. The van der Waals surface area contributed by atoms with Crippen molar-refractivity contribution in [3.05, 3.63) is 70.2 Å². The average Bonchev–Trinajstić information content (AvgIpc) is 2.38. The second-order valence-corrected chi connectivity index (χ2v) is 6.27. The topological polar surface area (TPSA) is 17.1 Å². The molecule has 0 aliphatic carbocycles. The normalized spacial score (nSPS) is 11.4. The molecule has 0 saturated heterocycles. The second-order valence-electron chi connectivity index (χ2n) is 4.89. The lowest BCUT2D eigenvalue weighted by Gasteiger charge is -2.16. The van der Waals surface area contributed by atoms with Gasteiger partial charge in [0.1, 0.15) is 0 Å². The van der Waals surface area contributed by atoms with Crippen LogP contribution in [0, 0.1) is 0 Å². The molecule has 0 spiro atoms. The van der Waals surface area contributed by atoms with E-state index in [0.717, 1.165) is 5.56 Å². The van der Waals surface area contributed by atoms with Crippen LogP contribution in [-0.4, -0.2) is 5.78 Å². The number of halogens is 2. The maximum absolute atomic E-state index is 12.2. The van der Waals surface area contributed by atoms with Gasteiger partial charge in [-0.05, 0) is 43.7 Å². The number of alkyl halides is 1. The molecule has 98 valence electrons. The Labute approximate surface area is 123 Å². The first-order valence-corrected chi connectivity index (χ1v) is 6.73. The van der Waals surface area contributed by atoms with E-state index in [9.17, 15) is 4.79 Å². The Morgan fingerprint density at radius 2 is 1.32 bits per heavy atom. The van der Waals surface area contributed by atoms with E-state index in [1.165, 1.54) is 0 Å². The van der Waals surface area contributed by atoms with Gasteiger partial charge in [-0.3, -0.25) is 4.79 Å². The van der Waals surface area contributed by atoms with E-state index in [2.05, 4.69) is 0 Å². The molecule has 0 aromatic heterocycles. The minimum Gasteiger partial charge on any atom is -0.289 e. The minimum atomic E-state index is -0.429. The van der Waals surface area contributed by atoms with Crippen molar-refractivity contribution in [2.24, 2.45) is 0 Å². The Hall–Kier alpha value is -1.31. The first kappa shape index (κ1) is 14.1. The number of hydrogen-bond donors (Lipinski definition) is 0. The molecule has 0 heterocycles. The molecule has 0 unspecified atom stereocenters. The van der Waals surface area contributed by atoms with Crippen molar-refractivity contribution in [3.63, 3.8) is 0 Å². The molecular weight excluding hydrogens is 279 g/mol. The number of carbonyl (C=O) groups excluding carboxylic acids is 1. The summed E-state index contributed by atoms with van der Waals surface area (Å²) in [5.74, 6) is -0.0180. The van der Waals surface area contributed by atoms with Crippen LogP contribution in [0.25, 0.3) is 0 Å². The molecule has 0 bridgehead atoms. The summed E-state index contributed by atoms with van der Waals surface area (Å²) in [6.07, 6.45) is 0. The molecule has 0 atom stereocenters. The highest BCUT2D eigenvalue weighted by Crippen LogP contribution is 2.27. The molecule has 0 saturated carbocycles. The van der Waals surface area contributed by atoms with E-state index in [1.54, 1.807) is 36.4 Å². The first-order valence-electron chi connectivity index (χ1n) is 5.97. The van der Waals surface area contributed by atoms with Crippen LogP contribution in [0.5, 0.6) is 0 Å². The molecule has 0 fully saturated rings. The molecule has 0 N–H and O–H groups in total. The van der Waals surface area contributed by atoms with Gasteiger partial charge in [-0.1, -0.05) is 35.9 Å². The van der Waals surface area contributed by atoms with E-state index in [-0.39, 0.29) is 5.78 Å². The lowest BCUT2D eigenvalue weighted by molar-refractivity contribution is 0.103. The highest BCUT2D eigenvalue weighted by atomic mass is 35.5. The smallest absolute Gasteiger partial charge is 0.193 e. The molecule has 2 aromatic rings. The zero-order chi connectivity index (χ0) is 14.0. The van der Waals surface area contributed by atoms with Crippen molar-refractivity contribution in [1.82, 2.24) is 0 Å². The summed E-state index contributed by atoms with van der Waals surface area (Å²) in [6, 6.07) is 14.3. The standard InChI is InChI=1S/C16H14Cl2O/c1-16(2,18)13-7-3-11(4-8-13)15(19)12-5-9-14(17)10-6-12/h3-10H,1-2H3. The number of benzene rings is 2. The van der Waals surface area contributed by atoms with Crippen LogP contribution in [0.3, 0.4) is 0 Å². The number of rotatable bonds is 3. The van der Waals surface area contributed by atoms with E-state index in [4.69, 9.17) is 23.2 Å². The zero-order valence-corrected chi connectivity index (χ0v) is 12.3. The quantitative estimate of drug-likeness (QED) is 0.572. The fourth-order valence-electron chi connectivity index (χ4n) is 1.79. The molecule has 19 heavy (non-hydrogen) atoms. The van der Waals surface area contributed by atoms with Gasteiger partial charge in [-0.25, -0.2) is 0 Å². The van der Waals surface area contributed by atoms with Crippen LogP contribution in [-0.2, 0) is 4.87 Å². The van der Waals surface area contributed by atoms with Crippen LogP contribution in [0.4, 0.5) is 0 Å². The summed E-state index contributed by atoms with van der Waals surface area (Å²) in [5, 5.41) is 0.621. The van der Waals surface area contributed by atoms with Gasteiger partial charge >= 0.3 is 0 Å². The maximum atomic E-state index is 12.2. The van der Waals surface area contributed by atoms with Crippen molar-refractivity contribution >= 4 is 29.0 Å². The Morgan fingerprint density at radius 1 is 0.895 bits per heavy atom. The van der Waals surface area contributed by atoms with E-state index < -0.39 is 4.87 Å². The van der Waals surface area contributed by atoms with Gasteiger partial charge in [-0.2, -0.15) is 0 Å². The summed E-state index contributed by atoms with van der Waals surface area (Å²) in [6.45, 7) is 3.84. The summed E-state index contributed by atoms with van der Waals surface area (Å²) >= 11 is 12.0. The van der Waals surface area contributed by atoms with Gasteiger partial charge in [0.25, 0.3) is 0 Å². The largest absolute Gasteiger partial charge is 0.289 e. The summed E-state index contributed by atoms with van der Waals surface area (Å²) in [7, 11) is 0. The van der Waals surface area contributed by atoms with Gasteiger partial charge in [0.05, 0.1) is 4.87 Å². The summed E-state index contributed by atoms with van der Waals surface area (Å²) < 4.78 is 0. The first-order chi connectivity index (χ1) is 8.88. The van der Waals surface area contributed by atoms with Gasteiger partial charge in [0.2, 0.25) is 0 Å². The van der Waals surface area contributed by atoms with Crippen molar-refractivity contribution in [1.29, 1.82) is 0 Å². The van der Waals surface area contributed by atoms with Crippen LogP contribution >= 0.6 is 23.2 Å².